The Balaban J connectivity index is 1.54. The highest BCUT2D eigenvalue weighted by atomic mass is 32.2. The van der Waals surface area contributed by atoms with Crippen LogP contribution in [0.4, 0.5) is 0 Å². The number of thioether (sulfide) groups is 1. The number of carbonyl (C=O) groups is 1. The Hall–Kier alpha value is -1.72. The zero-order valence-electron chi connectivity index (χ0n) is 15.7. The molecule has 0 saturated carbocycles. The summed E-state index contributed by atoms with van der Waals surface area (Å²) < 4.78 is 5.70. The molecule has 5 heteroatoms. The molecule has 1 saturated heterocycles. The van der Waals surface area contributed by atoms with Crippen LogP contribution in [0.25, 0.3) is 0 Å². The van der Waals surface area contributed by atoms with Crippen molar-refractivity contribution in [1.82, 2.24) is 9.80 Å². The van der Waals surface area contributed by atoms with Gasteiger partial charge in [0.25, 0.3) is 5.91 Å². The van der Waals surface area contributed by atoms with Crippen molar-refractivity contribution in [2.75, 3.05) is 32.9 Å². The van der Waals surface area contributed by atoms with Gasteiger partial charge < -0.3 is 14.2 Å². The molecule has 1 aromatic heterocycles. The van der Waals surface area contributed by atoms with Crippen LogP contribution in [-0.2, 0) is 12.2 Å². The first-order valence-electron chi connectivity index (χ1n) is 9.28. The minimum Gasteiger partial charge on any atom is -0.455 e. The first-order chi connectivity index (χ1) is 12.7. The maximum atomic E-state index is 12.8. The molecule has 2 heterocycles. The van der Waals surface area contributed by atoms with Crippen molar-refractivity contribution < 1.29 is 9.21 Å². The average molecular weight is 373 g/mol. The molecule has 1 aliphatic rings. The Labute approximate surface area is 160 Å². The number of furan rings is 1. The second-order valence-electron chi connectivity index (χ2n) is 6.95. The van der Waals surface area contributed by atoms with Gasteiger partial charge in [-0.2, -0.15) is 11.8 Å². The second kappa shape index (κ2) is 9.28. The number of likely N-dealkylation sites (N-methyl/N-ethyl adjacent to an activating group) is 1. The number of benzene rings is 1. The summed E-state index contributed by atoms with van der Waals surface area (Å²) >= 11 is 1.69. The third-order valence-corrected chi connectivity index (χ3v) is 5.64. The number of rotatable bonds is 7. The Bertz CT molecular complexity index is 701. The van der Waals surface area contributed by atoms with Crippen LogP contribution in [0.1, 0.15) is 34.7 Å². The lowest BCUT2D eigenvalue weighted by atomic mass is 10.0. The zero-order chi connectivity index (χ0) is 18.4. The van der Waals surface area contributed by atoms with E-state index in [1.54, 1.807) is 17.8 Å². The van der Waals surface area contributed by atoms with Gasteiger partial charge in [0, 0.05) is 26.2 Å². The monoisotopic (exact) mass is 372 g/mol. The van der Waals surface area contributed by atoms with Crippen LogP contribution in [0.3, 0.4) is 0 Å². The molecule has 0 bridgehead atoms. The van der Waals surface area contributed by atoms with E-state index in [0.29, 0.717) is 5.76 Å². The predicted molar refractivity (Wildman–Crippen MR) is 108 cm³/mol. The maximum absolute atomic E-state index is 12.8. The summed E-state index contributed by atoms with van der Waals surface area (Å²) in [5.74, 6) is 2.11. The number of piperidine rings is 1. The lowest BCUT2D eigenvalue weighted by Gasteiger charge is -2.37. The van der Waals surface area contributed by atoms with Gasteiger partial charge in [0.05, 0.1) is 5.75 Å². The highest BCUT2D eigenvalue weighted by Crippen LogP contribution is 2.20. The van der Waals surface area contributed by atoms with E-state index >= 15 is 0 Å². The van der Waals surface area contributed by atoms with Gasteiger partial charge in [-0.05, 0) is 49.8 Å². The average Bonchev–Trinajstić information content (AvgIpc) is 3.15. The lowest BCUT2D eigenvalue weighted by Crippen LogP contribution is -2.48. The predicted octanol–water partition coefficient (Wildman–Crippen LogP) is 3.92. The number of nitrogens with zero attached hydrogens (tertiary/aromatic N) is 2. The fourth-order valence-corrected chi connectivity index (χ4v) is 3.97. The molecule has 1 amide bonds. The van der Waals surface area contributed by atoms with Gasteiger partial charge in [0.15, 0.2) is 5.76 Å². The molecule has 1 atom stereocenters. The SMILES string of the molecule is CSCc1ccc(C(=O)N(C)[C@@H]2CCCN(CCc3ccccc3)C2)o1. The molecule has 2 aromatic rings. The molecule has 1 aliphatic heterocycles. The first-order valence-corrected chi connectivity index (χ1v) is 10.7. The summed E-state index contributed by atoms with van der Waals surface area (Å²) in [5.41, 5.74) is 1.37. The van der Waals surface area contributed by atoms with Crippen LogP contribution in [-0.4, -0.2) is 54.7 Å². The normalized spacial score (nSPS) is 18.0. The summed E-state index contributed by atoms with van der Waals surface area (Å²) in [6.07, 6.45) is 5.28. The highest BCUT2D eigenvalue weighted by Gasteiger charge is 2.27. The molecule has 0 unspecified atom stereocenters. The molecule has 1 aromatic carbocycles. The number of carbonyl (C=O) groups excluding carboxylic acids is 1. The number of amides is 1. The molecule has 1 fully saturated rings. The largest absolute Gasteiger partial charge is 0.455 e. The van der Waals surface area contributed by atoms with Crippen molar-refractivity contribution in [3.8, 4) is 0 Å². The van der Waals surface area contributed by atoms with Gasteiger partial charge in [-0.25, -0.2) is 0 Å². The van der Waals surface area contributed by atoms with Crippen LogP contribution >= 0.6 is 11.8 Å². The van der Waals surface area contributed by atoms with Crippen LogP contribution < -0.4 is 0 Å². The van der Waals surface area contributed by atoms with Crippen LogP contribution in [0.15, 0.2) is 46.9 Å². The molecule has 26 heavy (non-hydrogen) atoms. The van der Waals surface area contributed by atoms with Crippen LogP contribution in [0.5, 0.6) is 0 Å². The van der Waals surface area contributed by atoms with Gasteiger partial charge in [0.1, 0.15) is 5.76 Å². The quantitative estimate of drug-likeness (QED) is 0.738. The topological polar surface area (TPSA) is 36.7 Å². The third kappa shape index (κ3) is 4.92. The van der Waals surface area contributed by atoms with Crippen molar-refractivity contribution in [2.45, 2.75) is 31.1 Å². The molecule has 0 radical (unpaired) electrons. The third-order valence-electron chi connectivity index (χ3n) is 5.07. The van der Waals surface area contributed by atoms with Crippen LogP contribution in [0, 0.1) is 0 Å². The zero-order valence-corrected chi connectivity index (χ0v) is 16.5. The van der Waals surface area contributed by atoms with E-state index in [4.69, 9.17) is 4.42 Å². The molecule has 140 valence electrons. The smallest absolute Gasteiger partial charge is 0.289 e. The summed E-state index contributed by atoms with van der Waals surface area (Å²) in [7, 11) is 1.91. The van der Waals surface area contributed by atoms with E-state index in [0.717, 1.165) is 50.4 Å². The molecule has 0 aliphatic carbocycles. The van der Waals surface area contributed by atoms with Gasteiger partial charge in [-0.15, -0.1) is 0 Å². The Morgan fingerprint density at radius 3 is 2.85 bits per heavy atom. The van der Waals surface area contributed by atoms with Gasteiger partial charge in [0.2, 0.25) is 0 Å². The minimum atomic E-state index is -0.00716. The van der Waals surface area contributed by atoms with E-state index in [-0.39, 0.29) is 11.9 Å². The van der Waals surface area contributed by atoms with E-state index in [1.807, 2.05) is 24.3 Å². The number of hydrogen-bond donors (Lipinski definition) is 0. The highest BCUT2D eigenvalue weighted by molar-refractivity contribution is 7.97. The van der Waals surface area contributed by atoms with Gasteiger partial charge in [-0.1, -0.05) is 30.3 Å². The maximum Gasteiger partial charge on any atom is 0.289 e. The molecule has 3 rings (SSSR count). The van der Waals surface area contributed by atoms with E-state index in [9.17, 15) is 4.79 Å². The van der Waals surface area contributed by atoms with Gasteiger partial charge >= 0.3 is 0 Å². The standard InChI is InChI=1S/C21H28N2O2S/c1-22(21(24)20-11-10-19(25-20)16-26-2)18-9-6-13-23(15-18)14-12-17-7-4-3-5-8-17/h3-5,7-8,10-11,18H,6,9,12-16H2,1-2H3/t18-/m1/s1. The lowest BCUT2D eigenvalue weighted by molar-refractivity contribution is 0.0588. The van der Waals surface area contributed by atoms with Gasteiger partial charge in [-0.3, -0.25) is 4.79 Å². The Morgan fingerprint density at radius 2 is 2.08 bits per heavy atom. The molecule has 4 nitrogen and oxygen atoms in total. The van der Waals surface area contributed by atoms with E-state index < -0.39 is 0 Å². The Kier molecular flexibility index (Phi) is 6.80. The van der Waals surface area contributed by atoms with Crippen molar-refractivity contribution in [3.05, 3.63) is 59.5 Å². The summed E-state index contributed by atoms with van der Waals surface area (Å²) in [6, 6.07) is 14.6. The molecule has 0 spiro atoms. The van der Waals surface area contributed by atoms with E-state index in [2.05, 4.69) is 35.2 Å². The first kappa shape index (κ1) is 19.1. The second-order valence-corrected chi connectivity index (χ2v) is 7.81. The molecular formula is C21H28N2O2S. The number of likely N-dealkylation sites (tertiary alicyclic amines) is 1. The van der Waals surface area contributed by atoms with Crippen molar-refractivity contribution in [2.24, 2.45) is 0 Å². The summed E-state index contributed by atoms with van der Waals surface area (Å²) in [4.78, 5) is 17.1. The summed E-state index contributed by atoms with van der Waals surface area (Å²) in [5, 5.41) is 0. The fourth-order valence-electron chi connectivity index (χ4n) is 3.53. The van der Waals surface area contributed by atoms with Crippen molar-refractivity contribution >= 4 is 17.7 Å². The molecule has 0 N–H and O–H groups in total. The molecular weight excluding hydrogens is 344 g/mol. The van der Waals surface area contributed by atoms with E-state index in [1.165, 1.54) is 5.56 Å². The number of hydrogen-bond acceptors (Lipinski definition) is 4. The van der Waals surface area contributed by atoms with Crippen LogP contribution in [0.2, 0.25) is 0 Å². The fraction of sp³-hybridized carbons (Fsp3) is 0.476. The minimum absolute atomic E-state index is 0.00716. The van der Waals surface area contributed by atoms with Crippen molar-refractivity contribution in [3.63, 3.8) is 0 Å². The van der Waals surface area contributed by atoms with Crippen molar-refractivity contribution in [1.29, 1.82) is 0 Å². The summed E-state index contributed by atoms with van der Waals surface area (Å²) in [6.45, 7) is 3.10. The Morgan fingerprint density at radius 1 is 1.27 bits per heavy atom.